The van der Waals surface area contributed by atoms with Gasteiger partial charge in [0.05, 0.1) is 12.0 Å². The molecule has 0 spiro atoms. The highest BCUT2D eigenvalue weighted by molar-refractivity contribution is 8.26. The van der Waals surface area contributed by atoms with Crippen molar-refractivity contribution in [2.24, 2.45) is 0 Å². The molecule has 0 saturated carbocycles. The molecule has 0 bridgehead atoms. The molecule has 23 heavy (non-hydrogen) atoms. The van der Waals surface area contributed by atoms with E-state index in [0.29, 0.717) is 33.9 Å². The molecule has 0 aromatic heterocycles. The second-order valence-corrected chi connectivity index (χ2v) is 6.27. The first-order valence-corrected chi connectivity index (χ1v) is 8.11. The smallest absolute Gasteiger partial charge is 0.266 e. The molecule has 1 saturated heterocycles. The Morgan fingerprint density at radius 1 is 1.30 bits per heavy atom. The third kappa shape index (κ3) is 4.03. The molecule has 6 heteroatoms. The average Bonchev–Trinajstić information content (AvgIpc) is 2.81. The molecule has 2 rings (SSSR count). The first-order chi connectivity index (χ1) is 11.1. The van der Waals surface area contributed by atoms with Crippen LogP contribution >= 0.6 is 24.0 Å². The van der Waals surface area contributed by atoms with Gasteiger partial charge in [-0.25, -0.2) is 0 Å². The van der Waals surface area contributed by atoms with Gasteiger partial charge >= 0.3 is 0 Å². The molecule has 1 aliphatic rings. The highest BCUT2D eigenvalue weighted by atomic mass is 32.2. The summed E-state index contributed by atoms with van der Waals surface area (Å²) in [6, 6.07) is 5.48. The molecule has 1 aromatic carbocycles. The van der Waals surface area contributed by atoms with Crippen molar-refractivity contribution in [1.82, 2.24) is 4.90 Å². The Morgan fingerprint density at radius 2 is 2.09 bits per heavy atom. The summed E-state index contributed by atoms with van der Waals surface area (Å²) in [7, 11) is 1.57. The molecule has 1 heterocycles. The molecule has 120 valence electrons. The predicted molar refractivity (Wildman–Crippen MR) is 98.8 cm³/mol. The van der Waals surface area contributed by atoms with Crippen LogP contribution in [0.5, 0.6) is 11.5 Å². The zero-order valence-corrected chi connectivity index (χ0v) is 14.4. The number of thioether (sulfide) groups is 1. The Balaban J connectivity index is 2.25. The van der Waals surface area contributed by atoms with E-state index in [1.54, 1.807) is 31.4 Å². The van der Waals surface area contributed by atoms with E-state index in [4.69, 9.17) is 21.7 Å². The Labute approximate surface area is 145 Å². The van der Waals surface area contributed by atoms with Crippen LogP contribution in [-0.4, -0.2) is 35.4 Å². The first-order valence-electron chi connectivity index (χ1n) is 6.88. The van der Waals surface area contributed by atoms with Crippen molar-refractivity contribution in [3.63, 3.8) is 0 Å². The molecule has 0 N–H and O–H groups in total. The zero-order valence-electron chi connectivity index (χ0n) is 12.8. The number of hydrogen-bond acceptors (Lipinski definition) is 5. The van der Waals surface area contributed by atoms with Crippen LogP contribution in [0, 0.1) is 0 Å². The normalized spacial score (nSPS) is 15.9. The average molecular weight is 347 g/mol. The highest BCUT2D eigenvalue weighted by Gasteiger charge is 2.30. The fourth-order valence-electron chi connectivity index (χ4n) is 1.98. The van der Waals surface area contributed by atoms with Crippen LogP contribution in [0.2, 0.25) is 0 Å². The Kier molecular flexibility index (Phi) is 6.01. The van der Waals surface area contributed by atoms with Crippen LogP contribution in [0.3, 0.4) is 0 Å². The lowest BCUT2D eigenvalue weighted by Crippen LogP contribution is -2.27. The second kappa shape index (κ2) is 7.99. The number of thiocarbonyl (C=S) groups is 1. The quantitative estimate of drug-likeness (QED) is 0.428. The van der Waals surface area contributed by atoms with Crippen molar-refractivity contribution in [2.45, 2.75) is 0 Å². The SMILES string of the molecule is C=CCOc1ccc(/C=C2\SC(=S)N(CC=C)C2=O)cc1OC. The minimum absolute atomic E-state index is 0.106. The second-order valence-electron chi connectivity index (χ2n) is 4.59. The lowest BCUT2D eigenvalue weighted by Gasteiger charge is -2.11. The minimum Gasteiger partial charge on any atom is -0.493 e. The number of methoxy groups -OCH3 is 1. The van der Waals surface area contributed by atoms with Crippen molar-refractivity contribution in [3.8, 4) is 11.5 Å². The number of carbonyl (C=O) groups is 1. The van der Waals surface area contributed by atoms with Gasteiger partial charge in [-0.15, -0.1) is 6.58 Å². The van der Waals surface area contributed by atoms with E-state index in [2.05, 4.69) is 13.2 Å². The number of benzene rings is 1. The maximum absolute atomic E-state index is 12.3. The van der Waals surface area contributed by atoms with Crippen molar-refractivity contribution >= 4 is 40.3 Å². The van der Waals surface area contributed by atoms with E-state index in [0.717, 1.165) is 5.56 Å². The Morgan fingerprint density at radius 3 is 2.74 bits per heavy atom. The van der Waals surface area contributed by atoms with Crippen LogP contribution in [0.25, 0.3) is 6.08 Å². The summed E-state index contributed by atoms with van der Waals surface area (Å²) >= 11 is 6.50. The van der Waals surface area contributed by atoms with Gasteiger partial charge in [0.25, 0.3) is 5.91 Å². The van der Waals surface area contributed by atoms with Crippen LogP contribution in [0.15, 0.2) is 48.4 Å². The van der Waals surface area contributed by atoms with Crippen LogP contribution in [-0.2, 0) is 4.79 Å². The first kappa shape index (κ1) is 17.3. The molecular formula is C17H17NO3S2. The molecule has 0 atom stereocenters. The van der Waals surface area contributed by atoms with Crippen molar-refractivity contribution in [2.75, 3.05) is 20.3 Å². The molecule has 1 fully saturated rings. The monoisotopic (exact) mass is 347 g/mol. The topological polar surface area (TPSA) is 38.8 Å². The fraction of sp³-hybridized carbons (Fsp3) is 0.176. The molecule has 0 aliphatic carbocycles. The van der Waals surface area contributed by atoms with Gasteiger partial charge in [-0.3, -0.25) is 9.69 Å². The molecule has 0 unspecified atom stereocenters. The zero-order chi connectivity index (χ0) is 16.8. The lowest BCUT2D eigenvalue weighted by molar-refractivity contribution is -0.121. The third-order valence-corrected chi connectivity index (χ3v) is 4.41. The highest BCUT2D eigenvalue weighted by Crippen LogP contribution is 2.34. The summed E-state index contributed by atoms with van der Waals surface area (Å²) in [6.07, 6.45) is 5.11. The predicted octanol–water partition coefficient (Wildman–Crippen LogP) is 3.65. The van der Waals surface area contributed by atoms with Gasteiger partial charge in [0, 0.05) is 6.54 Å². The molecule has 4 nitrogen and oxygen atoms in total. The summed E-state index contributed by atoms with van der Waals surface area (Å²) in [4.78, 5) is 14.4. The summed E-state index contributed by atoms with van der Waals surface area (Å²) in [5.74, 6) is 1.12. The van der Waals surface area contributed by atoms with Crippen LogP contribution in [0.1, 0.15) is 5.56 Å². The number of nitrogens with zero attached hydrogens (tertiary/aromatic N) is 1. The van der Waals surface area contributed by atoms with E-state index >= 15 is 0 Å². The summed E-state index contributed by atoms with van der Waals surface area (Å²) < 4.78 is 11.4. The fourth-order valence-corrected chi connectivity index (χ4v) is 3.25. The van der Waals surface area contributed by atoms with E-state index < -0.39 is 0 Å². The maximum atomic E-state index is 12.3. The number of rotatable bonds is 7. The minimum atomic E-state index is -0.106. The van der Waals surface area contributed by atoms with Gasteiger partial charge in [0.2, 0.25) is 0 Å². The lowest BCUT2D eigenvalue weighted by atomic mass is 10.2. The number of ether oxygens (including phenoxy) is 2. The Bertz CT molecular complexity index is 682. The third-order valence-electron chi connectivity index (χ3n) is 3.03. The van der Waals surface area contributed by atoms with Gasteiger partial charge in [-0.1, -0.05) is 48.8 Å². The standard InChI is InChI=1S/C17H17NO3S2/c1-4-8-18-16(19)15(23-17(18)22)11-12-6-7-13(21-9-5-2)14(10-12)20-3/h4-7,10-11H,1-2,8-9H2,3H3/b15-11-. The number of amides is 1. The summed E-state index contributed by atoms with van der Waals surface area (Å²) in [5, 5.41) is 0. The van der Waals surface area contributed by atoms with Gasteiger partial charge in [0.15, 0.2) is 11.5 Å². The number of carbonyl (C=O) groups excluding carboxylic acids is 1. The molecule has 1 aromatic rings. The van der Waals surface area contributed by atoms with Gasteiger partial charge in [0.1, 0.15) is 10.9 Å². The van der Waals surface area contributed by atoms with Crippen molar-refractivity contribution in [3.05, 3.63) is 54.0 Å². The van der Waals surface area contributed by atoms with E-state index in [1.165, 1.54) is 16.7 Å². The molecular weight excluding hydrogens is 330 g/mol. The van der Waals surface area contributed by atoms with Crippen LogP contribution < -0.4 is 9.47 Å². The molecule has 1 aliphatic heterocycles. The van der Waals surface area contributed by atoms with Gasteiger partial charge in [-0.05, 0) is 23.8 Å². The summed E-state index contributed by atoms with van der Waals surface area (Å²) in [6.45, 7) is 8.07. The molecule has 1 amide bonds. The number of hydrogen-bond donors (Lipinski definition) is 0. The van der Waals surface area contributed by atoms with Gasteiger partial charge in [-0.2, -0.15) is 0 Å². The van der Waals surface area contributed by atoms with E-state index in [-0.39, 0.29) is 5.91 Å². The van der Waals surface area contributed by atoms with E-state index in [1.807, 2.05) is 12.1 Å². The van der Waals surface area contributed by atoms with Crippen molar-refractivity contribution < 1.29 is 14.3 Å². The van der Waals surface area contributed by atoms with Crippen molar-refractivity contribution in [1.29, 1.82) is 0 Å². The largest absolute Gasteiger partial charge is 0.493 e. The maximum Gasteiger partial charge on any atom is 0.266 e. The Hall–Kier alpha value is -2.05. The van der Waals surface area contributed by atoms with Crippen LogP contribution in [0.4, 0.5) is 0 Å². The molecule has 0 radical (unpaired) electrons. The summed E-state index contributed by atoms with van der Waals surface area (Å²) in [5.41, 5.74) is 0.840. The van der Waals surface area contributed by atoms with E-state index in [9.17, 15) is 4.79 Å². The van der Waals surface area contributed by atoms with Gasteiger partial charge < -0.3 is 9.47 Å².